The highest BCUT2D eigenvalue weighted by Gasteiger charge is 2.15. The molecule has 2 nitrogen and oxygen atoms in total. The summed E-state index contributed by atoms with van der Waals surface area (Å²) < 4.78 is 1.69. The molecule has 0 aliphatic heterocycles. The number of fused-ring (bicyclic) bond motifs is 1. The van der Waals surface area contributed by atoms with Gasteiger partial charge in [-0.3, -0.25) is 0 Å². The van der Waals surface area contributed by atoms with Crippen LogP contribution in [0.5, 0.6) is 0 Å². The average molecular weight is 271 g/mol. The van der Waals surface area contributed by atoms with Crippen LogP contribution in [-0.4, -0.2) is 11.1 Å². The molecule has 0 spiro atoms. The third-order valence-electron chi connectivity index (χ3n) is 1.98. The maximum absolute atomic E-state index is 10.9. The Morgan fingerprint density at radius 3 is 2.86 bits per heavy atom. The SMILES string of the molecule is Cc1ccc2sc(C(=O)O)c(Br)c2c1. The van der Waals surface area contributed by atoms with E-state index in [-0.39, 0.29) is 0 Å². The molecule has 1 N–H and O–H groups in total. The fourth-order valence-electron chi connectivity index (χ4n) is 1.32. The Balaban J connectivity index is 2.80. The van der Waals surface area contributed by atoms with Crippen LogP contribution in [0, 0.1) is 6.92 Å². The van der Waals surface area contributed by atoms with E-state index in [0.29, 0.717) is 9.35 Å². The Bertz CT molecular complexity index is 516. The third kappa shape index (κ3) is 1.44. The van der Waals surface area contributed by atoms with E-state index in [0.717, 1.165) is 15.6 Å². The van der Waals surface area contributed by atoms with E-state index in [9.17, 15) is 4.79 Å². The van der Waals surface area contributed by atoms with Gasteiger partial charge in [-0.2, -0.15) is 0 Å². The predicted octanol–water partition coefficient (Wildman–Crippen LogP) is 3.67. The van der Waals surface area contributed by atoms with Crippen molar-refractivity contribution in [2.24, 2.45) is 0 Å². The Morgan fingerprint density at radius 2 is 2.21 bits per heavy atom. The first-order chi connectivity index (χ1) is 6.59. The molecule has 2 rings (SSSR count). The van der Waals surface area contributed by atoms with E-state index >= 15 is 0 Å². The Morgan fingerprint density at radius 1 is 1.50 bits per heavy atom. The van der Waals surface area contributed by atoms with E-state index in [1.165, 1.54) is 11.3 Å². The van der Waals surface area contributed by atoms with Gasteiger partial charge in [0.2, 0.25) is 0 Å². The molecule has 0 amide bonds. The summed E-state index contributed by atoms with van der Waals surface area (Å²) >= 11 is 4.61. The number of hydrogen-bond acceptors (Lipinski definition) is 2. The lowest BCUT2D eigenvalue weighted by molar-refractivity contribution is 0.0701. The summed E-state index contributed by atoms with van der Waals surface area (Å²) in [7, 11) is 0. The van der Waals surface area contributed by atoms with Gasteiger partial charge in [0.05, 0.1) is 4.47 Å². The number of carboxylic acid groups (broad SMARTS) is 1. The molecule has 2 aromatic rings. The summed E-state index contributed by atoms with van der Waals surface area (Å²) in [5.74, 6) is -0.879. The first-order valence-corrected chi connectivity index (χ1v) is 5.62. The molecule has 4 heteroatoms. The lowest BCUT2D eigenvalue weighted by Gasteiger charge is -1.92. The molecule has 1 aromatic carbocycles. The molecule has 0 fully saturated rings. The maximum Gasteiger partial charge on any atom is 0.347 e. The van der Waals surface area contributed by atoms with Gasteiger partial charge in [-0.15, -0.1) is 11.3 Å². The fraction of sp³-hybridized carbons (Fsp3) is 0.100. The smallest absolute Gasteiger partial charge is 0.347 e. The second-order valence-corrected chi connectivity index (χ2v) is 4.90. The van der Waals surface area contributed by atoms with Crippen LogP contribution in [0.2, 0.25) is 0 Å². The molecule has 1 aromatic heterocycles. The van der Waals surface area contributed by atoms with Crippen LogP contribution in [-0.2, 0) is 0 Å². The number of aryl methyl sites for hydroxylation is 1. The molecular weight excluding hydrogens is 264 g/mol. The van der Waals surface area contributed by atoms with Crippen molar-refractivity contribution < 1.29 is 9.90 Å². The monoisotopic (exact) mass is 270 g/mol. The number of carbonyl (C=O) groups is 1. The molecule has 0 radical (unpaired) electrons. The number of hydrogen-bond donors (Lipinski definition) is 1. The van der Waals surface area contributed by atoms with E-state index in [2.05, 4.69) is 15.9 Å². The van der Waals surface area contributed by atoms with Gasteiger partial charge in [0, 0.05) is 10.1 Å². The van der Waals surface area contributed by atoms with Crippen LogP contribution in [0.4, 0.5) is 0 Å². The van der Waals surface area contributed by atoms with Gasteiger partial charge in [0.25, 0.3) is 0 Å². The first kappa shape index (κ1) is 9.68. The molecule has 0 atom stereocenters. The zero-order valence-electron chi connectivity index (χ0n) is 7.37. The number of benzene rings is 1. The van der Waals surface area contributed by atoms with Crippen LogP contribution in [0.15, 0.2) is 22.7 Å². The van der Waals surface area contributed by atoms with Gasteiger partial charge in [-0.25, -0.2) is 4.79 Å². The summed E-state index contributed by atoms with van der Waals surface area (Å²) in [4.78, 5) is 11.2. The van der Waals surface area contributed by atoms with Crippen LogP contribution in [0.1, 0.15) is 15.2 Å². The standard InChI is InChI=1S/C10H7BrO2S/c1-5-2-3-7-6(4-5)8(11)9(14-7)10(12)13/h2-4H,1H3,(H,12,13). The molecule has 0 aliphatic carbocycles. The number of carboxylic acids is 1. The quantitative estimate of drug-likeness (QED) is 0.859. The van der Waals surface area contributed by atoms with Crippen molar-refractivity contribution in [3.8, 4) is 0 Å². The minimum atomic E-state index is -0.879. The minimum Gasteiger partial charge on any atom is -0.477 e. The summed E-state index contributed by atoms with van der Waals surface area (Å²) in [6.45, 7) is 1.99. The summed E-state index contributed by atoms with van der Waals surface area (Å²) in [6.07, 6.45) is 0. The highest BCUT2D eigenvalue weighted by molar-refractivity contribution is 9.10. The number of rotatable bonds is 1. The Hall–Kier alpha value is -0.870. The highest BCUT2D eigenvalue weighted by Crippen LogP contribution is 2.35. The second-order valence-electron chi connectivity index (χ2n) is 3.05. The van der Waals surface area contributed by atoms with Crippen LogP contribution in [0.3, 0.4) is 0 Å². The van der Waals surface area contributed by atoms with Crippen molar-refractivity contribution in [1.82, 2.24) is 0 Å². The van der Waals surface area contributed by atoms with Crippen LogP contribution in [0.25, 0.3) is 10.1 Å². The van der Waals surface area contributed by atoms with E-state index in [4.69, 9.17) is 5.11 Å². The minimum absolute atomic E-state index is 0.366. The van der Waals surface area contributed by atoms with Gasteiger partial charge < -0.3 is 5.11 Å². The lowest BCUT2D eigenvalue weighted by Crippen LogP contribution is -1.91. The molecule has 72 valence electrons. The largest absolute Gasteiger partial charge is 0.477 e. The van der Waals surface area contributed by atoms with Gasteiger partial charge >= 0.3 is 5.97 Å². The Kier molecular flexibility index (Phi) is 2.33. The third-order valence-corrected chi connectivity index (χ3v) is 4.22. The predicted molar refractivity (Wildman–Crippen MR) is 61.2 cm³/mol. The van der Waals surface area contributed by atoms with Crippen molar-refractivity contribution in [3.05, 3.63) is 33.1 Å². The van der Waals surface area contributed by atoms with E-state index in [1.807, 2.05) is 25.1 Å². The molecule has 14 heavy (non-hydrogen) atoms. The zero-order valence-corrected chi connectivity index (χ0v) is 9.78. The van der Waals surface area contributed by atoms with Gasteiger partial charge in [-0.05, 0) is 35.0 Å². The fourth-order valence-corrected chi connectivity index (χ4v) is 3.10. The Labute approximate surface area is 93.3 Å². The van der Waals surface area contributed by atoms with Crippen molar-refractivity contribution in [1.29, 1.82) is 0 Å². The summed E-state index contributed by atoms with van der Waals surface area (Å²) in [5, 5.41) is 9.90. The molecular formula is C10H7BrO2S. The lowest BCUT2D eigenvalue weighted by atomic mass is 10.2. The van der Waals surface area contributed by atoms with Crippen molar-refractivity contribution >= 4 is 43.3 Å². The van der Waals surface area contributed by atoms with Gasteiger partial charge in [-0.1, -0.05) is 11.6 Å². The van der Waals surface area contributed by atoms with Crippen LogP contribution >= 0.6 is 27.3 Å². The molecule has 0 unspecified atom stereocenters. The van der Waals surface area contributed by atoms with Gasteiger partial charge in [0.1, 0.15) is 4.88 Å². The second kappa shape index (κ2) is 3.37. The summed E-state index contributed by atoms with van der Waals surface area (Å²) in [6, 6.07) is 5.92. The molecule has 1 heterocycles. The normalized spacial score (nSPS) is 10.7. The van der Waals surface area contributed by atoms with E-state index in [1.54, 1.807) is 0 Å². The first-order valence-electron chi connectivity index (χ1n) is 4.01. The topological polar surface area (TPSA) is 37.3 Å². The highest BCUT2D eigenvalue weighted by atomic mass is 79.9. The molecule has 0 saturated heterocycles. The van der Waals surface area contributed by atoms with Crippen molar-refractivity contribution in [3.63, 3.8) is 0 Å². The van der Waals surface area contributed by atoms with Crippen molar-refractivity contribution in [2.75, 3.05) is 0 Å². The van der Waals surface area contributed by atoms with Crippen LogP contribution < -0.4 is 0 Å². The average Bonchev–Trinajstić information content (AvgIpc) is 2.44. The number of thiophene rings is 1. The molecule has 0 bridgehead atoms. The maximum atomic E-state index is 10.9. The molecule has 0 saturated carbocycles. The zero-order chi connectivity index (χ0) is 10.3. The number of halogens is 1. The van der Waals surface area contributed by atoms with E-state index < -0.39 is 5.97 Å². The summed E-state index contributed by atoms with van der Waals surface area (Å²) in [5.41, 5.74) is 1.13. The number of aromatic carboxylic acids is 1. The van der Waals surface area contributed by atoms with Crippen molar-refractivity contribution in [2.45, 2.75) is 6.92 Å². The van der Waals surface area contributed by atoms with Gasteiger partial charge in [0.15, 0.2) is 0 Å². The molecule has 0 aliphatic rings.